The maximum atomic E-state index is 12.9. The predicted octanol–water partition coefficient (Wildman–Crippen LogP) is 6.60. The summed E-state index contributed by atoms with van der Waals surface area (Å²) in [4.78, 5) is 29.1. The molecule has 4 aromatic rings. The van der Waals surface area contributed by atoms with Crippen molar-refractivity contribution in [1.29, 1.82) is 0 Å². The van der Waals surface area contributed by atoms with E-state index in [0.29, 0.717) is 5.75 Å². The molecule has 2 unspecified atom stereocenters. The summed E-state index contributed by atoms with van der Waals surface area (Å²) in [5.41, 5.74) is 3.66. The minimum absolute atomic E-state index is 0.00614. The molecule has 0 aliphatic carbocycles. The molecule has 9 heteroatoms. The van der Waals surface area contributed by atoms with Crippen LogP contribution in [0.4, 0.5) is 5.69 Å². The SMILES string of the molecule is CCCCC(CC)C(=O)Nc1ccc2[nH]cc(C(C)c3ccc(C(=O)NS(=O)(=O)c4ccccc4)cc3OC)c2c1. The number of ether oxygens (including phenoxy) is 1. The van der Waals surface area contributed by atoms with Crippen LogP contribution in [0, 0.1) is 5.92 Å². The Morgan fingerprint density at radius 3 is 2.41 bits per heavy atom. The molecular formula is C32H37N3O5S. The van der Waals surface area contributed by atoms with Gasteiger partial charge < -0.3 is 15.0 Å². The van der Waals surface area contributed by atoms with E-state index in [9.17, 15) is 18.0 Å². The highest BCUT2D eigenvalue weighted by Gasteiger charge is 2.23. The molecular weight excluding hydrogens is 538 g/mol. The zero-order valence-electron chi connectivity index (χ0n) is 23.9. The number of carbonyl (C=O) groups is 2. The van der Waals surface area contributed by atoms with E-state index in [0.717, 1.165) is 53.4 Å². The van der Waals surface area contributed by atoms with Crippen LogP contribution >= 0.6 is 0 Å². The molecule has 0 radical (unpaired) electrons. The maximum absolute atomic E-state index is 12.9. The van der Waals surface area contributed by atoms with Crippen molar-refractivity contribution in [3.8, 4) is 5.75 Å². The van der Waals surface area contributed by atoms with Crippen molar-refractivity contribution >= 4 is 38.4 Å². The second-order valence-electron chi connectivity index (χ2n) is 10.2. The van der Waals surface area contributed by atoms with Gasteiger partial charge in [-0.3, -0.25) is 9.59 Å². The zero-order chi connectivity index (χ0) is 29.6. The van der Waals surface area contributed by atoms with Crippen LogP contribution in [0.1, 0.15) is 73.9 Å². The van der Waals surface area contributed by atoms with E-state index in [1.165, 1.54) is 19.2 Å². The van der Waals surface area contributed by atoms with Gasteiger partial charge in [0.1, 0.15) is 5.75 Å². The van der Waals surface area contributed by atoms with Gasteiger partial charge in [-0.1, -0.05) is 57.9 Å². The molecule has 4 rings (SSSR count). The van der Waals surface area contributed by atoms with Crippen LogP contribution in [-0.4, -0.2) is 32.3 Å². The van der Waals surface area contributed by atoms with Crippen LogP contribution in [0.15, 0.2) is 77.8 Å². The van der Waals surface area contributed by atoms with Gasteiger partial charge in [0.15, 0.2) is 0 Å². The van der Waals surface area contributed by atoms with Crippen molar-refractivity contribution in [1.82, 2.24) is 9.71 Å². The van der Waals surface area contributed by atoms with Crippen LogP contribution in [0.25, 0.3) is 10.9 Å². The van der Waals surface area contributed by atoms with Crippen molar-refractivity contribution in [3.63, 3.8) is 0 Å². The zero-order valence-corrected chi connectivity index (χ0v) is 24.7. The van der Waals surface area contributed by atoms with Gasteiger partial charge in [-0.15, -0.1) is 0 Å². The van der Waals surface area contributed by atoms with Crippen LogP contribution in [-0.2, 0) is 14.8 Å². The van der Waals surface area contributed by atoms with E-state index in [1.807, 2.05) is 38.2 Å². The summed E-state index contributed by atoms with van der Waals surface area (Å²) in [6.45, 7) is 6.20. The fraction of sp³-hybridized carbons (Fsp3) is 0.312. The van der Waals surface area contributed by atoms with Crippen LogP contribution < -0.4 is 14.8 Å². The number of H-pyrrole nitrogens is 1. The van der Waals surface area contributed by atoms with E-state index in [2.05, 4.69) is 21.9 Å². The third-order valence-electron chi connectivity index (χ3n) is 7.46. The number of amides is 2. The summed E-state index contributed by atoms with van der Waals surface area (Å²) in [5.74, 6) is -0.401. The molecule has 0 bridgehead atoms. The smallest absolute Gasteiger partial charge is 0.265 e. The highest BCUT2D eigenvalue weighted by molar-refractivity contribution is 7.90. The van der Waals surface area contributed by atoms with Gasteiger partial charge in [0, 0.05) is 45.7 Å². The summed E-state index contributed by atoms with van der Waals surface area (Å²) in [7, 11) is -2.50. The number of rotatable bonds is 12. The number of carbonyl (C=O) groups excluding carboxylic acids is 2. The molecule has 0 spiro atoms. The van der Waals surface area contributed by atoms with Gasteiger partial charge >= 0.3 is 0 Å². The standard InChI is InChI=1S/C32H37N3O5S/c1-5-7-11-22(6-2)31(36)34-24-15-17-29-27(19-24)28(20-33-29)21(3)26-16-14-23(18-30(26)40-4)32(37)35-41(38,39)25-12-9-8-10-13-25/h8-10,12-22,33H,5-7,11H2,1-4H3,(H,34,36)(H,35,37). The number of fused-ring (bicyclic) bond motifs is 1. The first-order valence-electron chi connectivity index (χ1n) is 13.9. The van der Waals surface area contributed by atoms with Crippen LogP contribution in [0.3, 0.4) is 0 Å². The minimum Gasteiger partial charge on any atom is -0.496 e. The molecule has 2 amide bonds. The first-order chi connectivity index (χ1) is 19.7. The highest BCUT2D eigenvalue weighted by atomic mass is 32.2. The fourth-order valence-corrected chi connectivity index (χ4v) is 6.01. The molecule has 3 N–H and O–H groups in total. The summed E-state index contributed by atoms with van der Waals surface area (Å²) < 4.78 is 33.0. The molecule has 1 heterocycles. The van der Waals surface area contributed by atoms with Gasteiger partial charge in [-0.05, 0) is 60.9 Å². The van der Waals surface area contributed by atoms with Crippen LogP contribution in [0.5, 0.6) is 5.75 Å². The Hall–Kier alpha value is -4.11. The van der Waals surface area contributed by atoms with Gasteiger partial charge in [0.25, 0.3) is 15.9 Å². The lowest BCUT2D eigenvalue weighted by molar-refractivity contribution is -0.120. The third kappa shape index (κ3) is 6.79. The Morgan fingerprint density at radius 2 is 1.73 bits per heavy atom. The lowest BCUT2D eigenvalue weighted by Gasteiger charge is -2.17. The Morgan fingerprint density at radius 1 is 0.976 bits per heavy atom. The van der Waals surface area contributed by atoms with Crippen molar-refractivity contribution in [2.75, 3.05) is 12.4 Å². The molecule has 0 saturated heterocycles. The summed E-state index contributed by atoms with van der Waals surface area (Å²) >= 11 is 0. The number of aromatic nitrogens is 1. The van der Waals surface area contributed by atoms with Crippen molar-refractivity contribution < 1.29 is 22.7 Å². The Bertz CT molecular complexity index is 1630. The Balaban J connectivity index is 1.57. The number of sulfonamides is 1. The number of anilines is 1. The van der Waals surface area contributed by atoms with Crippen molar-refractivity contribution in [2.45, 2.75) is 57.3 Å². The largest absolute Gasteiger partial charge is 0.496 e. The molecule has 2 atom stereocenters. The first kappa shape index (κ1) is 29.9. The average molecular weight is 576 g/mol. The Labute approximate surface area is 241 Å². The summed E-state index contributed by atoms with van der Waals surface area (Å²) in [6, 6.07) is 18.5. The van der Waals surface area contributed by atoms with Gasteiger partial charge in [0.05, 0.1) is 12.0 Å². The number of nitrogens with one attached hydrogen (secondary N) is 3. The van der Waals surface area contributed by atoms with E-state index < -0.39 is 15.9 Å². The van der Waals surface area contributed by atoms with E-state index in [4.69, 9.17) is 4.74 Å². The number of benzene rings is 3. The minimum atomic E-state index is -4.01. The van der Waals surface area contributed by atoms with Crippen LogP contribution in [0.2, 0.25) is 0 Å². The molecule has 0 aliphatic rings. The van der Waals surface area contributed by atoms with E-state index in [-0.39, 0.29) is 28.2 Å². The highest BCUT2D eigenvalue weighted by Crippen LogP contribution is 2.37. The van der Waals surface area contributed by atoms with Gasteiger partial charge in [-0.2, -0.15) is 0 Å². The predicted molar refractivity (Wildman–Crippen MR) is 162 cm³/mol. The maximum Gasteiger partial charge on any atom is 0.265 e. The van der Waals surface area contributed by atoms with E-state index >= 15 is 0 Å². The number of unbranched alkanes of at least 4 members (excludes halogenated alkanes) is 1. The molecule has 0 fully saturated rings. The second-order valence-corrected chi connectivity index (χ2v) is 11.8. The summed E-state index contributed by atoms with van der Waals surface area (Å²) in [5, 5.41) is 4.06. The molecule has 41 heavy (non-hydrogen) atoms. The quantitative estimate of drug-likeness (QED) is 0.176. The fourth-order valence-electron chi connectivity index (χ4n) is 5.01. The second kappa shape index (κ2) is 13.0. The monoisotopic (exact) mass is 575 g/mol. The van der Waals surface area contributed by atoms with Crippen molar-refractivity contribution in [2.24, 2.45) is 5.92 Å². The lowest BCUT2D eigenvalue weighted by Crippen LogP contribution is -2.30. The topological polar surface area (TPSA) is 117 Å². The normalized spacial score (nSPS) is 13.0. The molecule has 0 aliphatic heterocycles. The number of methoxy groups -OCH3 is 1. The molecule has 216 valence electrons. The average Bonchev–Trinajstić information content (AvgIpc) is 3.40. The van der Waals surface area contributed by atoms with E-state index in [1.54, 1.807) is 36.4 Å². The van der Waals surface area contributed by atoms with Gasteiger partial charge in [-0.25, -0.2) is 13.1 Å². The molecule has 8 nitrogen and oxygen atoms in total. The molecule has 1 aromatic heterocycles. The number of hydrogen-bond donors (Lipinski definition) is 3. The molecule has 0 saturated carbocycles. The van der Waals surface area contributed by atoms with Crippen molar-refractivity contribution in [3.05, 3.63) is 89.6 Å². The first-order valence-corrected chi connectivity index (χ1v) is 15.4. The number of aromatic amines is 1. The summed E-state index contributed by atoms with van der Waals surface area (Å²) in [6.07, 6.45) is 5.69. The Kier molecular flexibility index (Phi) is 9.50. The third-order valence-corrected chi connectivity index (χ3v) is 8.81. The molecule has 3 aromatic carbocycles. The number of hydrogen-bond acceptors (Lipinski definition) is 5. The van der Waals surface area contributed by atoms with Gasteiger partial charge in [0.2, 0.25) is 5.91 Å². The lowest BCUT2D eigenvalue weighted by atomic mass is 9.91.